The Hall–Kier alpha value is -2.68. The molecule has 0 fully saturated rings. The average Bonchev–Trinajstić information content (AvgIpc) is 2.93. The van der Waals surface area contributed by atoms with Crippen LogP contribution in [0, 0.1) is 0 Å². The van der Waals surface area contributed by atoms with Gasteiger partial charge in [0.15, 0.2) is 0 Å². The first kappa shape index (κ1) is 13.0. The summed E-state index contributed by atoms with van der Waals surface area (Å²) in [6.45, 7) is 4.38. The Morgan fingerprint density at radius 3 is 2.73 bits per heavy atom. The van der Waals surface area contributed by atoms with E-state index in [-0.39, 0.29) is 0 Å². The van der Waals surface area contributed by atoms with Gasteiger partial charge in [0, 0.05) is 28.7 Å². The Kier molecular flexibility index (Phi) is 2.93. The monoisotopic (exact) mass is 288 g/mol. The summed E-state index contributed by atoms with van der Waals surface area (Å²) >= 11 is 0. The van der Waals surface area contributed by atoms with Crippen LogP contribution in [0.15, 0.2) is 59.3 Å². The predicted molar refractivity (Wildman–Crippen MR) is 88.8 cm³/mol. The van der Waals surface area contributed by atoms with Crippen molar-refractivity contribution in [2.24, 2.45) is 0 Å². The molecule has 0 bridgehead atoms. The summed E-state index contributed by atoms with van der Waals surface area (Å²) in [5.41, 5.74) is 4.87. The van der Waals surface area contributed by atoms with Crippen LogP contribution in [-0.4, -0.2) is 9.97 Å². The maximum Gasteiger partial charge on any atom is 0.227 e. The number of furan rings is 1. The number of hydrogen-bond donors (Lipinski definition) is 0. The van der Waals surface area contributed by atoms with E-state index in [2.05, 4.69) is 42.0 Å². The first-order valence-electron chi connectivity index (χ1n) is 7.46. The van der Waals surface area contributed by atoms with Crippen LogP contribution in [0.4, 0.5) is 0 Å². The molecule has 3 heterocycles. The normalized spacial score (nSPS) is 11.6. The first-order valence-corrected chi connectivity index (χ1v) is 7.46. The third kappa shape index (κ3) is 1.98. The van der Waals surface area contributed by atoms with E-state index in [9.17, 15) is 0 Å². The molecule has 4 rings (SSSR count). The molecule has 22 heavy (non-hydrogen) atoms. The van der Waals surface area contributed by atoms with Crippen LogP contribution in [0.3, 0.4) is 0 Å². The van der Waals surface area contributed by atoms with Crippen molar-refractivity contribution in [3.05, 3.63) is 60.4 Å². The van der Waals surface area contributed by atoms with E-state index in [1.165, 1.54) is 5.56 Å². The number of benzene rings is 1. The minimum Gasteiger partial charge on any atom is -0.438 e. The van der Waals surface area contributed by atoms with Gasteiger partial charge in [0.2, 0.25) is 5.71 Å². The third-order valence-corrected chi connectivity index (χ3v) is 4.00. The summed E-state index contributed by atoms with van der Waals surface area (Å²) < 4.78 is 5.85. The van der Waals surface area contributed by atoms with Gasteiger partial charge < -0.3 is 4.42 Å². The molecular weight excluding hydrogens is 272 g/mol. The molecule has 0 saturated carbocycles. The smallest absolute Gasteiger partial charge is 0.227 e. The van der Waals surface area contributed by atoms with Crippen LogP contribution in [0.5, 0.6) is 0 Å². The van der Waals surface area contributed by atoms with Gasteiger partial charge in [-0.25, -0.2) is 4.98 Å². The van der Waals surface area contributed by atoms with E-state index in [1.807, 2.05) is 30.5 Å². The number of rotatable bonds is 2. The molecule has 3 nitrogen and oxygen atoms in total. The molecule has 108 valence electrons. The summed E-state index contributed by atoms with van der Waals surface area (Å²) in [6.07, 6.45) is 3.63. The molecule has 0 saturated heterocycles. The zero-order valence-corrected chi connectivity index (χ0v) is 12.6. The highest BCUT2D eigenvalue weighted by Crippen LogP contribution is 2.35. The Balaban J connectivity index is 2.04. The minimum atomic E-state index is 0.476. The number of nitrogens with zero attached hydrogens (tertiary/aromatic N) is 2. The van der Waals surface area contributed by atoms with E-state index in [4.69, 9.17) is 4.42 Å². The number of fused-ring (bicyclic) bond motifs is 3. The fourth-order valence-corrected chi connectivity index (χ4v) is 2.83. The zero-order valence-electron chi connectivity index (χ0n) is 12.6. The van der Waals surface area contributed by atoms with Gasteiger partial charge in [-0.2, -0.15) is 0 Å². The fourth-order valence-electron chi connectivity index (χ4n) is 2.83. The van der Waals surface area contributed by atoms with Crippen molar-refractivity contribution in [3.63, 3.8) is 0 Å². The van der Waals surface area contributed by atoms with Crippen molar-refractivity contribution in [3.8, 4) is 11.3 Å². The van der Waals surface area contributed by atoms with Gasteiger partial charge in [0.05, 0.1) is 5.69 Å². The van der Waals surface area contributed by atoms with Crippen LogP contribution >= 0.6 is 0 Å². The Bertz CT molecular complexity index is 969. The number of hydrogen-bond acceptors (Lipinski definition) is 3. The van der Waals surface area contributed by atoms with Crippen molar-refractivity contribution >= 4 is 22.1 Å². The van der Waals surface area contributed by atoms with Crippen molar-refractivity contribution in [1.82, 2.24) is 9.97 Å². The second kappa shape index (κ2) is 4.95. The predicted octanol–water partition coefficient (Wildman–Crippen LogP) is 5.17. The third-order valence-electron chi connectivity index (χ3n) is 4.00. The van der Waals surface area contributed by atoms with Gasteiger partial charge in [-0.1, -0.05) is 26.0 Å². The molecule has 3 aromatic heterocycles. The summed E-state index contributed by atoms with van der Waals surface area (Å²) in [6, 6.07) is 14.3. The number of aromatic nitrogens is 2. The summed E-state index contributed by atoms with van der Waals surface area (Å²) in [5, 5.41) is 2.11. The van der Waals surface area contributed by atoms with Gasteiger partial charge in [-0.3, -0.25) is 4.98 Å². The van der Waals surface area contributed by atoms with Gasteiger partial charge >= 0.3 is 0 Å². The van der Waals surface area contributed by atoms with Crippen LogP contribution in [-0.2, 0) is 0 Å². The highest BCUT2D eigenvalue weighted by Gasteiger charge is 2.14. The quantitative estimate of drug-likeness (QED) is 0.511. The van der Waals surface area contributed by atoms with Crippen LogP contribution in [0.1, 0.15) is 25.3 Å². The lowest BCUT2D eigenvalue weighted by Crippen LogP contribution is -1.91. The van der Waals surface area contributed by atoms with Crippen LogP contribution in [0.25, 0.3) is 33.3 Å². The second-order valence-corrected chi connectivity index (χ2v) is 5.77. The molecule has 4 aromatic rings. The maximum absolute atomic E-state index is 5.85. The van der Waals surface area contributed by atoms with Crippen LogP contribution < -0.4 is 0 Å². The van der Waals surface area contributed by atoms with E-state index >= 15 is 0 Å². The standard InChI is InChI=1S/C19H16N2O/c1-12(2)13-8-10-20-16(11-13)14-5-3-7-17-18(14)15-6-4-9-21-19(15)22-17/h3-12H,1-2H3. The summed E-state index contributed by atoms with van der Waals surface area (Å²) in [7, 11) is 0. The fraction of sp³-hybridized carbons (Fsp3) is 0.158. The minimum absolute atomic E-state index is 0.476. The Morgan fingerprint density at radius 2 is 1.86 bits per heavy atom. The topological polar surface area (TPSA) is 38.9 Å². The van der Waals surface area contributed by atoms with Gasteiger partial charge in [-0.15, -0.1) is 0 Å². The van der Waals surface area contributed by atoms with Crippen molar-refractivity contribution in [1.29, 1.82) is 0 Å². The largest absolute Gasteiger partial charge is 0.438 e. The molecule has 0 aliphatic rings. The SMILES string of the molecule is CC(C)c1ccnc(-c2cccc3oc4ncccc4c23)c1. The maximum atomic E-state index is 5.85. The molecule has 0 aliphatic carbocycles. The molecule has 1 aromatic carbocycles. The number of pyridine rings is 2. The lowest BCUT2D eigenvalue weighted by molar-refractivity contribution is 0.654. The molecule has 0 spiro atoms. The van der Waals surface area contributed by atoms with Gasteiger partial charge in [0.25, 0.3) is 0 Å². The Labute approximate surface area is 128 Å². The van der Waals surface area contributed by atoms with E-state index in [1.54, 1.807) is 6.20 Å². The Morgan fingerprint density at radius 1 is 0.955 bits per heavy atom. The molecule has 0 atom stereocenters. The van der Waals surface area contributed by atoms with E-state index < -0.39 is 0 Å². The molecule has 0 radical (unpaired) electrons. The molecule has 0 aliphatic heterocycles. The zero-order chi connectivity index (χ0) is 15.1. The molecular formula is C19H16N2O. The van der Waals surface area contributed by atoms with E-state index in [0.29, 0.717) is 11.6 Å². The molecule has 0 N–H and O–H groups in total. The van der Waals surface area contributed by atoms with Gasteiger partial charge in [-0.05, 0) is 41.8 Å². The van der Waals surface area contributed by atoms with Crippen LogP contribution in [0.2, 0.25) is 0 Å². The molecule has 0 unspecified atom stereocenters. The molecule has 0 amide bonds. The average molecular weight is 288 g/mol. The first-order chi connectivity index (χ1) is 10.7. The highest BCUT2D eigenvalue weighted by molar-refractivity contribution is 6.11. The van der Waals surface area contributed by atoms with Crippen molar-refractivity contribution in [2.45, 2.75) is 19.8 Å². The highest BCUT2D eigenvalue weighted by atomic mass is 16.3. The second-order valence-electron chi connectivity index (χ2n) is 5.77. The summed E-state index contributed by atoms with van der Waals surface area (Å²) in [5.74, 6) is 0.476. The summed E-state index contributed by atoms with van der Waals surface area (Å²) in [4.78, 5) is 8.88. The lowest BCUT2D eigenvalue weighted by Gasteiger charge is -2.08. The van der Waals surface area contributed by atoms with Crippen molar-refractivity contribution in [2.75, 3.05) is 0 Å². The lowest BCUT2D eigenvalue weighted by atomic mass is 9.99. The molecule has 3 heteroatoms. The van der Waals surface area contributed by atoms with E-state index in [0.717, 1.165) is 27.6 Å². The van der Waals surface area contributed by atoms with Gasteiger partial charge in [0.1, 0.15) is 5.58 Å². The van der Waals surface area contributed by atoms with Crippen molar-refractivity contribution < 1.29 is 4.42 Å².